The molecule has 1 aliphatic rings. The van der Waals surface area contributed by atoms with E-state index in [0.29, 0.717) is 19.7 Å². The van der Waals surface area contributed by atoms with Crippen molar-refractivity contribution in [3.63, 3.8) is 0 Å². The van der Waals surface area contributed by atoms with Crippen LogP contribution in [0.4, 0.5) is 0 Å². The first-order valence-electron chi connectivity index (χ1n) is 7.70. The smallest absolute Gasteiger partial charge is 0.231 e. The second-order valence-corrected chi connectivity index (χ2v) is 5.38. The lowest BCUT2D eigenvalue weighted by Gasteiger charge is -2.23. The highest BCUT2D eigenvalue weighted by Crippen LogP contribution is 2.32. The van der Waals surface area contributed by atoms with Gasteiger partial charge in [0.1, 0.15) is 0 Å². The lowest BCUT2D eigenvalue weighted by Crippen LogP contribution is -2.37. The fourth-order valence-electron chi connectivity index (χ4n) is 2.45. The van der Waals surface area contributed by atoms with Gasteiger partial charge in [-0.15, -0.1) is 0 Å². The molecule has 124 valence electrons. The number of hydrogen-bond acceptors (Lipinski definition) is 6. The minimum Gasteiger partial charge on any atom is -0.454 e. The number of nitrogens with zero attached hydrogens (tertiary/aromatic N) is 1. The topological polar surface area (TPSA) is 71.4 Å². The highest BCUT2D eigenvalue weighted by molar-refractivity contribution is 5.44. The highest BCUT2D eigenvalue weighted by atomic mass is 16.7. The maximum absolute atomic E-state index is 10.0. The van der Waals surface area contributed by atoms with Crippen LogP contribution in [0.3, 0.4) is 0 Å². The minimum atomic E-state index is -0.563. The van der Waals surface area contributed by atoms with Gasteiger partial charge in [0.25, 0.3) is 0 Å². The molecule has 1 aliphatic heterocycles. The molecule has 0 bridgehead atoms. The molecule has 6 heteroatoms. The summed E-state index contributed by atoms with van der Waals surface area (Å²) in [6, 6.07) is 5.68. The van der Waals surface area contributed by atoms with Crippen molar-refractivity contribution in [1.29, 1.82) is 0 Å². The predicted molar refractivity (Wildman–Crippen MR) is 82.0 cm³/mol. The van der Waals surface area contributed by atoms with Crippen LogP contribution in [0.2, 0.25) is 0 Å². The van der Waals surface area contributed by atoms with E-state index in [2.05, 4.69) is 6.92 Å². The summed E-state index contributed by atoms with van der Waals surface area (Å²) in [7, 11) is 0. The standard InChI is InChI=1S/C16H25NO5/c1-2-5-17(6-7-18)9-14(19)11-20-10-13-3-4-15-16(8-13)22-12-21-15/h3-4,8,14,18-19H,2,5-7,9-12H2,1H3/t14-/m1/s1. The Morgan fingerprint density at radius 3 is 2.86 bits per heavy atom. The zero-order valence-corrected chi connectivity index (χ0v) is 13.0. The van der Waals surface area contributed by atoms with Gasteiger partial charge >= 0.3 is 0 Å². The molecule has 0 amide bonds. The molecule has 1 atom stereocenters. The Balaban J connectivity index is 1.71. The van der Waals surface area contributed by atoms with Gasteiger partial charge in [0, 0.05) is 13.1 Å². The van der Waals surface area contributed by atoms with Crippen LogP contribution in [0.15, 0.2) is 18.2 Å². The quantitative estimate of drug-likeness (QED) is 0.672. The van der Waals surface area contributed by atoms with Crippen molar-refractivity contribution in [3.8, 4) is 11.5 Å². The first kappa shape index (κ1) is 17.0. The molecule has 0 radical (unpaired) electrons. The van der Waals surface area contributed by atoms with E-state index >= 15 is 0 Å². The summed E-state index contributed by atoms with van der Waals surface area (Å²) in [5, 5.41) is 19.0. The monoisotopic (exact) mass is 311 g/mol. The number of fused-ring (bicyclic) bond motifs is 1. The molecule has 0 saturated heterocycles. The summed E-state index contributed by atoms with van der Waals surface area (Å²) < 4.78 is 16.1. The van der Waals surface area contributed by atoms with Gasteiger partial charge in [-0.3, -0.25) is 4.90 Å². The average molecular weight is 311 g/mol. The zero-order valence-electron chi connectivity index (χ0n) is 13.0. The van der Waals surface area contributed by atoms with Crippen LogP contribution in [0.5, 0.6) is 11.5 Å². The fourth-order valence-corrected chi connectivity index (χ4v) is 2.45. The number of aliphatic hydroxyl groups is 2. The van der Waals surface area contributed by atoms with E-state index in [1.807, 2.05) is 23.1 Å². The Bertz CT molecular complexity index is 448. The van der Waals surface area contributed by atoms with Gasteiger partial charge < -0.3 is 24.4 Å². The fraction of sp³-hybridized carbons (Fsp3) is 0.625. The molecule has 0 spiro atoms. The summed E-state index contributed by atoms with van der Waals surface area (Å²) in [5.41, 5.74) is 0.984. The van der Waals surface area contributed by atoms with Crippen molar-refractivity contribution in [2.45, 2.75) is 26.1 Å². The Kier molecular flexibility index (Phi) is 6.92. The van der Waals surface area contributed by atoms with Crippen molar-refractivity contribution in [2.75, 3.05) is 39.6 Å². The first-order chi connectivity index (χ1) is 10.7. The molecule has 0 aromatic heterocycles. The molecule has 0 saturated carbocycles. The van der Waals surface area contributed by atoms with E-state index in [1.165, 1.54) is 0 Å². The third kappa shape index (κ3) is 5.14. The van der Waals surface area contributed by atoms with Crippen LogP contribution in [-0.2, 0) is 11.3 Å². The van der Waals surface area contributed by atoms with Gasteiger partial charge in [0.05, 0.1) is 25.9 Å². The zero-order chi connectivity index (χ0) is 15.8. The number of hydrogen-bond donors (Lipinski definition) is 2. The van der Waals surface area contributed by atoms with Gasteiger partial charge in [-0.25, -0.2) is 0 Å². The van der Waals surface area contributed by atoms with E-state index in [-0.39, 0.29) is 20.0 Å². The van der Waals surface area contributed by atoms with Gasteiger partial charge in [-0.2, -0.15) is 0 Å². The molecule has 22 heavy (non-hydrogen) atoms. The Morgan fingerprint density at radius 2 is 2.09 bits per heavy atom. The van der Waals surface area contributed by atoms with Crippen LogP contribution in [0, 0.1) is 0 Å². The maximum Gasteiger partial charge on any atom is 0.231 e. The number of rotatable bonds is 10. The molecule has 2 N–H and O–H groups in total. The second-order valence-electron chi connectivity index (χ2n) is 5.38. The minimum absolute atomic E-state index is 0.102. The Morgan fingerprint density at radius 1 is 1.27 bits per heavy atom. The number of benzene rings is 1. The third-order valence-corrected chi connectivity index (χ3v) is 3.44. The predicted octanol–water partition coefficient (Wildman–Crippen LogP) is 0.997. The van der Waals surface area contributed by atoms with E-state index in [0.717, 1.165) is 30.0 Å². The second kappa shape index (κ2) is 8.95. The van der Waals surface area contributed by atoms with Gasteiger partial charge in [-0.1, -0.05) is 13.0 Å². The van der Waals surface area contributed by atoms with Crippen molar-refractivity contribution < 1.29 is 24.4 Å². The SMILES string of the molecule is CCCN(CCO)C[C@@H](O)COCc1ccc2c(c1)OCO2. The van der Waals surface area contributed by atoms with Gasteiger partial charge in [0.15, 0.2) is 11.5 Å². The van der Waals surface area contributed by atoms with Gasteiger partial charge in [0.2, 0.25) is 6.79 Å². The summed E-state index contributed by atoms with van der Waals surface area (Å²) in [6.45, 7) is 5.07. The van der Waals surface area contributed by atoms with Crippen LogP contribution in [0.25, 0.3) is 0 Å². The lowest BCUT2D eigenvalue weighted by atomic mass is 10.2. The summed E-state index contributed by atoms with van der Waals surface area (Å²) in [4.78, 5) is 2.04. The number of aliphatic hydroxyl groups excluding tert-OH is 2. The van der Waals surface area contributed by atoms with Crippen LogP contribution < -0.4 is 9.47 Å². The number of ether oxygens (including phenoxy) is 3. The molecule has 1 aromatic carbocycles. The van der Waals surface area contributed by atoms with E-state index < -0.39 is 6.10 Å². The van der Waals surface area contributed by atoms with Crippen molar-refractivity contribution in [3.05, 3.63) is 23.8 Å². The third-order valence-electron chi connectivity index (χ3n) is 3.44. The summed E-state index contributed by atoms with van der Waals surface area (Å²) >= 11 is 0. The molecule has 0 fully saturated rings. The van der Waals surface area contributed by atoms with Crippen LogP contribution in [-0.4, -0.2) is 60.9 Å². The largest absolute Gasteiger partial charge is 0.454 e. The molecule has 6 nitrogen and oxygen atoms in total. The average Bonchev–Trinajstić information content (AvgIpc) is 2.95. The van der Waals surface area contributed by atoms with Crippen molar-refractivity contribution in [2.24, 2.45) is 0 Å². The van der Waals surface area contributed by atoms with E-state index in [9.17, 15) is 5.11 Å². The molecule has 1 aromatic rings. The first-order valence-corrected chi connectivity index (χ1v) is 7.70. The molecule has 0 aliphatic carbocycles. The summed E-state index contributed by atoms with van der Waals surface area (Å²) in [5.74, 6) is 1.49. The van der Waals surface area contributed by atoms with Crippen molar-refractivity contribution in [1.82, 2.24) is 4.90 Å². The normalized spacial score (nSPS) is 14.5. The Hall–Kier alpha value is -1.34. The highest BCUT2D eigenvalue weighted by Gasteiger charge is 2.14. The summed E-state index contributed by atoms with van der Waals surface area (Å²) in [6.07, 6.45) is 0.428. The van der Waals surface area contributed by atoms with E-state index in [4.69, 9.17) is 19.3 Å². The van der Waals surface area contributed by atoms with Gasteiger partial charge in [-0.05, 0) is 30.7 Å². The van der Waals surface area contributed by atoms with Crippen LogP contribution >= 0.6 is 0 Å². The molecular weight excluding hydrogens is 286 g/mol. The molecule has 0 unspecified atom stereocenters. The van der Waals surface area contributed by atoms with Crippen molar-refractivity contribution >= 4 is 0 Å². The molecular formula is C16H25NO5. The molecule has 1 heterocycles. The van der Waals surface area contributed by atoms with E-state index in [1.54, 1.807) is 0 Å². The molecule has 2 rings (SSSR count). The maximum atomic E-state index is 10.0. The lowest BCUT2D eigenvalue weighted by molar-refractivity contribution is 0.00764. The Labute approximate surface area is 131 Å². The van der Waals surface area contributed by atoms with Crippen LogP contribution in [0.1, 0.15) is 18.9 Å².